The number of rotatable bonds is 2. The number of nitrogens with two attached hydrogens (primary N) is 1. The predicted molar refractivity (Wildman–Crippen MR) is 125 cm³/mol. The molecule has 2 aliphatic heterocycles. The van der Waals surface area contributed by atoms with E-state index in [4.69, 9.17) is 22.9 Å². The first kappa shape index (κ1) is 23.1. The Morgan fingerprint density at radius 2 is 1.69 bits per heavy atom. The van der Waals surface area contributed by atoms with Gasteiger partial charge >= 0.3 is 0 Å². The van der Waals surface area contributed by atoms with Gasteiger partial charge in [0.25, 0.3) is 28.2 Å². The lowest BCUT2D eigenvalue weighted by Gasteiger charge is -2.27. The van der Waals surface area contributed by atoms with Crippen molar-refractivity contribution in [2.24, 2.45) is 4.90 Å². The van der Waals surface area contributed by atoms with Crippen molar-refractivity contribution in [2.45, 2.75) is 23.6 Å². The van der Waals surface area contributed by atoms with Crippen molar-refractivity contribution in [3.8, 4) is 23.0 Å². The lowest BCUT2D eigenvalue weighted by atomic mass is 10.0. The molecule has 5 rings (SSSR count). The van der Waals surface area contributed by atoms with Gasteiger partial charge in [-0.25, -0.2) is 4.98 Å². The summed E-state index contributed by atoms with van der Waals surface area (Å²) in [5.74, 6) is -0.251. The number of hydrogen-bond acceptors (Lipinski definition) is 10. The third kappa shape index (κ3) is 3.43. The van der Waals surface area contributed by atoms with Crippen molar-refractivity contribution in [3.63, 3.8) is 0 Å². The Hall–Kier alpha value is -3.66. The number of aryl methyl sites for hydroxylation is 2. The SMILES string of the molecule is [B]/N=c1\ccc2nc3c(C)c4c(c(C)c3oc-2c1S(=O)(=O)O)Nc1ccc(N)c(S(=O)(=O)O)c1O4. The molecule has 2 aromatic carbocycles. The molecule has 2 heterocycles. The van der Waals surface area contributed by atoms with Crippen molar-refractivity contribution in [1.29, 1.82) is 0 Å². The maximum absolute atomic E-state index is 12.1. The summed E-state index contributed by atoms with van der Waals surface area (Å²) in [5, 5.41) is 2.83. The molecule has 35 heavy (non-hydrogen) atoms. The van der Waals surface area contributed by atoms with Crippen molar-refractivity contribution in [2.75, 3.05) is 11.1 Å². The average Bonchev–Trinajstić information content (AvgIpc) is 2.78. The first-order valence-electron chi connectivity index (χ1n) is 9.80. The first-order valence-corrected chi connectivity index (χ1v) is 12.7. The van der Waals surface area contributed by atoms with E-state index in [1.165, 1.54) is 24.3 Å². The van der Waals surface area contributed by atoms with Crippen LogP contribution in [0.25, 0.3) is 22.6 Å². The molecule has 0 bridgehead atoms. The van der Waals surface area contributed by atoms with Gasteiger partial charge in [0.15, 0.2) is 32.6 Å². The predicted octanol–water partition coefficient (Wildman–Crippen LogP) is 2.46. The van der Waals surface area contributed by atoms with E-state index < -0.39 is 30.0 Å². The van der Waals surface area contributed by atoms with Gasteiger partial charge in [0.2, 0.25) is 0 Å². The first-order chi connectivity index (χ1) is 16.3. The molecule has 0 unspecified atom stereocenters. The summed E-state index contributed by atoms with van der Waals surface area (Å²) < 4.78 is 79.4. The van der Waals surface area contributed by atoms with Crippen LogP contribution in [-0.4, -0.2) is 38.9 Å². The van der Waals surface area contributed by atoms with Gasteiger partial charge in [-0.3, -0.25) is 9.11 Å². The number of nitrogens with one attached hydrogen (secondary N) is 1. The Morgan fingerprint density at radius 3 is 2.31 bits per heavy atom. The van der Waals surface area contributed by atoms with Gasteiger partial charge in [-0.05, 0) is 38.1 Å². The molecule has 0 amide bonds. The highest BCUT2D eigenvalue weighted by Gasteiger charge is 2.32. The second kappa shape index (κ2) is 7.42. The zero-order valence-corrected chi connectivity index (χ0v) is 19.7. The summed E-state index contributed by atoms with van der Waals surface area (Å²) in [6, 6.07) is 5.44. The molecule has 5 N–H and O–H groups in total. The van der Waals surface area contributed by atoms with Gasteiger partial charge in [-0.2, -0.15) is 16.8 Å². The zero-order chi connectivity index (χ0) is 25.4. The smallest absolute Gasteiger partial charge is 0.300 e. The van der Waals surface area contributed by atoms with E-state index in [0.29, 0.717) is 16.8 Å². The molecule has 0 saturated carbocycles. The second-order valence-electron chi connectivity index (χ2n) is 7.77. The Labute approximate surface area is 199 Å². The Balaban J connectivity index is 1.86. The van der Waals surface area contributed by atoms with E-state index >= 15 is 0 Å². The highest BCUT2D eigenvalue weighted by Crippen LogP contribution is 2.51. The quantitative estimate of drug-likeness (QED) is 0.117. The van der Waals surface area contributed by atoms with Crippen LogP contribution in [0.2, 0.25) is 0 Å². The van der Waals surface area contributed by atoms with Gasteiger partial charge in [-0.15, -0.1) is 0 Å². The molecular formula is C20H15BN4O8S2. The van der Waals surface area contributed by atoms with Crippen LogP contribution in [0.4, 0.5) is 17.1 Å². The third-order valence-electron chi connectivity index (χ3n) is 5.62. The van der Waals surface area contributed by atoms with Crippen LogP contribution < -0.4 is 21.1 Å². The number of ether oxygens (including phenoxy) is 1. The number of nitrogens with zero attached hydrogens (tertiary/aromatic N) is 2. The fraction of sp³-hybridized carbons (Fsp3) is 0.100. The summed E-state index contributed by atoms with van der Waals surface area (Å²) in [6.07, 6.45) is 0. The minimum Gasteiger partial charge on any atom is -0.451 e. The summed E-state index contributed by atoms with van der Waals surface area (Å²) >= 11 is 0. The van der Waals surface area contributed by atoms with E-state index in [0.717, 1.165) is 0 Å². The second-order valence-corrected chi connectivity index (χ2v) is 10.5. The molecular weight excluding hydrogens is 499 g/mol. The fourth-order valence-electron chi connectivity index (χ4n) is 4.05. The minimum atomic E-state index is -4.78. The van der Waals surface area contributed by atoms with Crippen LogP contribution in [0.15, 0.2) is 43.4 Å². The van der Waals surface area contributed by atoms with Crippen LogP contribution in [0.3, 0.4) is 0 Å². The van der Waals surface area contributed by atoms with E-state index in [9.17, 15) is 25.9 Å². The largest absolute Gasteiger partial charge is 0.451 e. The molecule has 178 valence electrons. The van der Waals surface area contributed by atoms with Crippen LogP contribution in [-0.2, 0) is 20.2 Å². The molecule has 0 atom stereocenters. The van der Waals surface area contributed by atoms with Gasteiger partial charge in [0.1, 0.15) is 11.2 Å². The zero-order valence-electron chi connectivity index (χ0n) is 18.0. The van der Waals surface area contributed by atoms with Gasteiger partial charge < -0.3 is 25.1 Å². The lowest BCUT2D eigenvalue weighted by molar-refractivity contribution is 0.447. The summed E-state index contributed by atoms with van der Waals surface area (Å²) in [5.41, 5.74) is 7.52. The topological polar surface area (TPSA) is 194 Å². The molecule has 12 nitrogen and oxygen atoms in total. The van der Waals surface area contributed by atoms with Crippen LogP contribution in [0.5, 0.6) is 11.5 Å². The number of nitrogen functional groups attached to an aromatic ring is 1. The standard InChI is InChI=1S/C20H15BN4O8S2/c1-7-14-16(33-18-11(24-14)5-6-12(25-21)20(18)35(29,30)31)8(2)13-15(7)32-17-10(23-13)4-3-9(22)19(17)34(26,27)28/h3-6,23H,22H2,1-2H3,(H,26,27,28)(H,29,30,31)/b25-12+. The number of benzene rings is 3. The number of fused-ring (bicyclic) bond motifs is 4. The summed E-state index contributed by atoms with van der Waals surface area (Å²) in [6.45, 7) is 3.28. The van der Waals surface area contributed by atoms with Crippen molar-refractivity contribution < 1.29 is 35.1 Å². The molecule has 15 heteroatoms. The molecule has 0 spiro atoms. The third-order valence-corrected chi connectivity index (χ3v) is 7.47. The summed E-state index contributed by atoms with van der Waals surface area (Å²) in [4.78, 5) is 6.67. The highest BCUT2D eigenvalue weighted by molar-refractivity contribution is 7.86. The van der Waals surface area contributed by atoms with E-state index in [-0.39, 0.29) is 50.8 Å². The normalized spacial score (nSPS) is 13.9. The van der Waals surface area contributed by atoms with Crippen LogP contribution in [0, 0.1) is 13.8 Å². The van der Waals surface area contributed by atoms with E-state index in [2.05, 4.69) is 15.2 Å². The van der Waals surface area contributed by atoms with Crippen LogP contribution >= 0.6 is 0 Å². The van der Waals surface area contributed by atoms with Crippen molar-refractivity contribution in [1.82, 2.24) is 4.98 Å². The maximum Gasteiger partial charge on any atom is 0.300 e. The maximum atomic E-state index is 12.1. The Morgan fingerprint density at radius 1 is 1.00 bits per heavy atom. The molecule has 1 aliphatic carbocycles. The Bertz CT molecular complexity index is 1850. The molecule has 3 aliphatic rings. The molecule has 0 aromatic heterocycles. The number of anilines is 3. The van der Waals surface area contributed by atoms with Gasteiger partial charge in [-0.1, -0.05) is 0 Å². The minimum absolute atomic E-state index is 0.0759. The van der Waals surface area contributed by atoms with Gasteiger partial charge in [0.05, 0.1) is 22.4 Å². The van der Waals surface area contributed by atoms with Crippen LogP contribution in [0.1, 0.15) is 11.1 Å². The number of aromatic nitrogens is 1. The molecule has 2 radical (unpaired) electrons. The molecule has 2 aromatic rings. The van der Waals surface area contributed by atoms with E-state index in [1.54, 1.807) is 13.8 Å². The average molecular weight is 514 g/mol. The lowest BCUT2D eigenvalue weighted by Crippen LogP contribution is -2.18. The molecule has 0 fully saturated rings. The fourth-order valence-corrected chi connectivity index (χ4v) is 5.56. The molecule has 0 saturated heterocycles. The Kier molecular flexibility index (Phi) is 4.90. The summed E-state index contributed by atoms with van der Waals surface area (Å²) in [7, 11) is -4.22. The monoisotopic (exact) mass is 514 g/mol. The number of hydrogen-bond donors (Lipinski definition) is 4. The van der Waals surface area contributed by atoms with Crippen molar-refractivity contribution >= 4 is 56.4 Å². The highest BCUT2D eigenvalue weighted by atomic mass is 32.2. The van der Waals surface area contributed by atoms with Gasteiger partial charge in [0, 0.05) is 11.1 Å². The van der Waals surface area contributed by atoms with E-state index in [1.807, 2.05) is 0 Å². The van der Waals surface area contributed by atoms with Crippen molar-refractivity contribution in [3.05, 3.63) is 40.7 Å².